The summed E-state index contributed by atoms with van der Waals surface area (Å²) in [6, 6.07) is 8.49. The number of hydrogen-bond acceptors (Lipinski definition) is 4. The van der Waals surface area contributed by atoms with Gasteiger partial charge in [-0.1, -0.05) is 12.1 Å². The first-order valence-electron chi connectivity index (χ1n) is 6.86. The van der Waals surface area contributed by atoms with Crippen molar-refractivity contribution in [1.29, 1.82) is 0 Å². The van der Waals surface area contributed by atoms with E-state index in [2.05, 4.69) is 5.32 Å². The summed E-state index contributed by atoms with van der Waals surface area (Å²) in [5, 5.41) is 4.65. The molecule has 0 aliphatic carbocycles. The molecule has 0 saturated heterocycles. The van der Waals surface area contributed by atoms with Gasteiger partial charge in [-0.2, -0.15) is 0 Å². The molecule has 0 spiro atoms. The van der Waals surface area contributed by atoms with Crippen LogP contribution in [-0.4, -0.2) is 32.7 Å². The molecule has 0 aliphatic heterocycles. The van der Waals surface area contributed by atoms with Gasteiger partial charge in [0.2, 0.25) is 15.9 Å². The normalized spacial score (nSPS) is 12.0. The van der Waals surface area contributed by atoms with Gasteiger partial charge >= 0.3 is 0 Å². The zero-order valence-electron chi connectivity index (χ0n) is 13.1. The summed E-state index contributed by atoms with van der Waals surface area (Å²) >= 11 is 1.53. The lowest BCUT2D eigenvalue weighted by molar-refractivity contribution is -0.111. The van der Waals surface area contributed by atoms with E-state index in [-0.39, 0.29) is 10.8 Å². The van der Waals surface area contributed by atoms with E-state index in [0.29, 0.717) is 5.69 Å². The van der Waals surface area contributed by atoms with E-state index in [9.17, 15) is 13.2 Å². The van der Waals surface area contributed by atoms with Crippen LogP contribution in [0, 0.1) is 6.92 Å². The van der Waals surface area contributed by atoms with Crippen LogP contribution in [0.25, 0.3) is 6.08 Å². The number of aryl methyl sites for hydroxylation is 1. The number of amides is 1. The fourth-order valence-electron chi connectivity index (χ4n) is 1.83. The van der Waals surface area contributed by atoms with Crippen LogP contribution >= 0.6 is 11.3 Å². The molecule has 0 fully saturated rings. The van der Waals surface area contributed by atoms with E-state index >= 15 is 0 Å². The Hall–Kier alpha value is -1.96. The number of benzene rings is 1. The van der Waals surface area contributed by atoms with Crippen LogP contribution in [0.3, 0.4) is 0 Å². The lowest BCUT2D eigenvalue weighted by Gasteiger charge is -2.14. The first kappa shape index (κ1) is 17.4. The van der Waals surface area contributed by atoms with E-state index in [1.807, 2.05) is 24.4 Å². The predicted molar refractivity (Wildman–Crippen MR) is 94.0 cm³/mol. The highest BCUT2D eigenvalue weighted by Gasteiger charge is 2.18. The van der Waals surface area contributed by atoms with Gasteiger partial charge in [0.25, 0.3) is 0 Å². The quantitative estimate of drug-likeness (QED) is 0.843. The fourth-order valence-corrected chi connectivity index (χ4v) is 3.37. The van der Waals surface area contributed by atoms with Crippen LogP contribution in [0.5, 0.6) is 0 Å². The molecule has 2 aromatic rings. The zero-order valence-corrected chi connectivity index (χ0v) is 14.7. The van der Waals surface area contributed by atoms with Crippen molar-refractivity contribution >= 4 is 39.0 Å². The highest BCUT2D eigenvalue weighted by molar-refractivity contribution is 7.89. The van der Waals surface area contributed by atoms with Crippen molar-refractivity contribution in [2.45, 2.75) is 11.8 Å². The van der Waals surface area contributed by atoms with Crippen LogP contribution in [0.1, 0.15) is 10.4 Å². The molecule has 1 aromatic heterocycles. The van der Waals surface area contributed by atoms with Crippen molar-refractivity contribution in [3.63, 3.8) is 0 Å². The number of sulfonamides is 1. The minimum Gasteiger partial charge on any atom is -0.322 e. The minimum absolute atomic E-state index is 0.144. The highest BCUT2D eigenvalue weighted by atomic mass is 32.2. The number of carbonyl (C=O) groups is 1. The Bertz CT molecular complexity index is 823. The zero-order chi connectivity index (χ0) is 17.0. The van der Waals surface area contributed by atoms with Gasteiger partial charge in [-0.05, 0) is 42.1 Å². The molecule has 7 heteroatoms. The summed E-state index contributed by atoms with van der Waals surface area (Å²) in [7, 11) is -0.595. The van der Waals surface area contributed by atoms with Gasteiger partial charge in [-0.25, -0.2) is 12.7 Å². The Balaban J connectivity index is 2.21. The number of nitrogens with one attached hydrogen (secondary N) is 1. The summed E-state index contributed by atoms with van der Waals surface area (Å²) in [6.07, 6.45) is 3.15. The monoisotopic (exact) mass is 350 g/mol. The third kappa shape index (κ3) is 4.28. The SMILES string of the molecule is Cc1ccc(S(=O)(=O)N(C)C)cc1NC(=O)C=Cc1cccs1. The molecule has 0 bridgehead atoms. The van der Waals surface area contributed by atoms with Gasteiger partial charge in [0, 0.05) is 30.7 Å². The second-order valence-electron chi connectivity index (χ2n) is 5.10. The molecule has 1 aromatic carbocycles. The largest absolute Gasteiger partial charge is 0.322 e. The molecule has 0 aliphatic rings. The second kappa shape index (κ2) is 7.08. The number of anilines is 1. The van der Waals surface area contributed by atoms with Crippen molar-refractivity contribution in [3.05, 3.63) is 52.2 Å². The van der Waals surface area contributed by atoms with Crippen molar-refractivity contribution in [2.24, 2.45) is 0 Å². The molecule has 2 rings (SSSR count). The van der Waals surface area contributed by atoms with Crippen molar-refractivity contribution in [2.75, 3.05) is 19.4 Å². The Morgan fingerprint density at radius 3 is 2.61 bits per heavy atom. The third-order valence-corrected chi connectivity index (χ3v) is 5.84. The Morgan fingerprint density at radius 1 is 1.26 bits per heavy atom. The smallest absolute Gasteiger partial charge is 0.248 e. The Labute approximate surface area is 140 Å². The highest BCUT2D eigenvalue weighted by Crippen LogP contribution is 2.22. The van der Waals surface area contributed by atoms with Crippen molar-refractivity contribution < 1.29 is 13.2 Å². The maximum atomic E-state index is 12.2. The van der Waals surface area contributed by atoms with Gasteiger partial charge in [0.1, 0.15) is 0 Å². The Kier molecular flexibility index (Phi) is 5.35. The molecule has 1 heterocycles. The number of carbonyl (C=O) groups excluding carboxylic acids is 1. The maximum absolute atomic E-state index is 12.2. The second-order valence-corrected chi connectivity index (χ2v) is 8.23. The molecular formula is C16H18N2O3S2. The number of hydrogen-bond donors (Lipinski definition) is 1. The van der Waals surface area contributed by atoms with Crippen molar-refractivity contribution in [3.8, 4) is 0 Å². The first-order chi connectivity index (χ1) is 10.8. The van der Waals surface area contributed by atoms with Crippen LogP contribution < -0.4 is 5.32 Å². The summed E-state index contributed by atoms with van der Waals surface area (Å²) in [5.41, 5.74) is 1.27. The molecule has 23 heavy (non-hydrogen) atoms. The molecule has 5 nitrogen and oxygen atoms in total. The van der Waals surface area contributed by atoms with Gasteiger partial charge < -0.3 is 5.32 Å². The van der Waals surface area contributed by atoms with Crippen molar-refractivity contribution in [1.82, 2.24) is 4.31 Å². The summed E-state index contributed by atoms with van der Waals surface area (Å²) in [5.74, 6) is -0.305. The van der Waals surface area contributed by atoms with E-state index < -0.39 is 10.0 Å². The van der Waals surface area contributed by atoms with E-state index in [0.717, 1.165) is 14.7 Å². The topological polar surface area (TPSA) is 66.5 Å². The van der Waals surface area contributed by atoms with E-state index in [1.165, 1.54) is 43.6 Å². The summed E-state index contributed by atoms with van der Waals surface area (Å²) in [6.45, 7) is 1.81. The molecule has 1 amide bonds. The van der Waals surface area contributed by atoms with Gasteiger partial charge in [-0.3, -0.25) is 4.79 Å². The minimum atomic E-state index is -3.53. The molecule has 0 radical (unpaired) electrons. The lowest BCUT2D eigenvalue weighted by Crippen LogP contribution is -2.22. The average Bonchev–Trinajstić information content (AvgIpc) is 3.00. The number of nitrogens with zero attached hydrogens (tertiary/aromatic N) is 1. The maximum Gasteiger partial charge on any atom is 0.248 e. The van der Waals surface area contributed by atoms with Gasteiger partial charge in [-0.15, -0.1) is 11.3 Å². The van der Waals surface area contributed by atoms with Crippen LogP contribution in [-0.2, 0) is 14.8 Å². The van der Waals surface area contributed by atoms with Crippen LogP contribution in [0.2, 0.25) is 0 Å². The molecular weight excluding hydrogens is 332 g/mol. The van der Waals surface area contributed by atoms with E-state index in [1.54, 1.807) is 12.1 Å². The molecule has 0 atom stereocenters. The summed E-state index contributed by atoms with van der Waals surface area (Å²) < 4.78 is 25.5. The molecule has 0 saturated carbocycles. The molecule has 122 valence electrons. The summed E-state index contributed by atoms with van der Waals surface area (Å²) in [4.78, 5) is 13.1. The molecule has 1 N–H and O–H groups in total. The molecule has 0 unspecified atom stereocenters. The van der Waals surface area contributed by atoms with E-state index in [4.69, 9.17) is 0 Å². The van der Waals surface area contributed by atoms with Gasteiger partial charge in [0.05, 0.1) is 4.90 Å². The van der Waals surface area contributed by atoms with Gasteiger partial charge in [0.15, 0.2) is 0 Å². The number of thiophene rings is 1. The Morgan fingerprint density at radius 2 is 2.00 bits per heavy atom. The fraction of sp³-hybridized carbons (Fsp3) is 0.188. The standard InChI is InChI=1S/C16H18N2O3S2/c1-12-6-8-14(23(20,21)18(2)3)11-15(12)17-16(19)9-7-13-5-4-10-22-13/h4-11H,1-3H3,(H,17,19). The van der Waals surface area contributed by atoms with Crippen LogP contribution in [0.15, 0.2) is 46.7 Å². The van der Waals surface area contributed by atoms with Crippen LogP contribution in [0.4, 0.5) is 5.69 Å². The predicted octanol–water partition coefficient (Wildman–Crippen LogP) is 2.96. The average molecular weight is 350 g/mol. The lowest BCUT2D eigenvalue weighted by atomic mass is 10.2. The number of rotatable bonds is 5. The third-order valence-electron chi connectivity index (χ3n) is 3.19. The first-order valence-corrected chi connectivity index (χ1v) is 9.18.